The smallest absolute Gasteiger partial charge is 0.416 e. The van der Waals surface area contributed by atoms with E-state index >= 15 is 0 Å². The maximum absolute atomic E-state index is 12.9. The molecular formula is C18H15F3N6O2. The van der Waals surface area contributed by atoms with E-state index in [9.17, 15) is 18.0 Å². The summed E-state index contributed by atoms with van der Waals surface area (Å²) < 4.78 is 45.6. The van der Waals surface area contributed by atoms with E-state index in [-0.39, 0.29) is 29.7 Å². The Balaban J connectivity index is 1.49. The van der Waals surface area contributed by atoms with Gasteiger partial charge in [0.15, 0.2) is 12.4 Å². The van der Waals surface area contributed by atoms with Gasteiger partial charge in [0.05, 0.1) is 11.6 Å². The predicted octanol–water partition coefficient (Wildman–Crippen LogP) is 3.52. The Bertz CT molecular complexity index is 1030. The Kier molecular flexibility index (Phi) is 4.87. The van der Waals surface area contributed by atoms with Crippen molar-refractivity contribution in [3.8, 4) is 0 Å². The summed E-state index contributed by atoms with van der Waals surface area (Å²) in [4.78, 5) is 16.6. The number of benzene rings is 1. The molecule has 1 fully saturated rings. The van der Waals surface area contributed by atoms with Crippen LogP contribution >= 0.6 is 0 Å². The fraction of sp³-hybridized carbons (Fsp3) is 0.278. The lowest BCUT2D eigenvalue weighted by Crippen LogP contribution is -2.12. The van der Waals surface area contributed by atoms with Gasteiger partial charge in [-0.2, -0.15) is 13.2 Å². The standard InChI is InChI=1S/C18H15F3N6O2/c19-18(20,21)11-3-1-4-12(9-11)23-16-14(5-2-8-22-16)17(28)29-10-15-24-25-26-27(15)13-6-7-13/h1-5,8-9,13H,6-7,10H2,(H,22,23). The quantitative estimate of drug-likeness (QED) is 0.628. The second kappa shape index (κ2) is 7.49. The van der Waals surface area contributed by atoms with Crippen LogP contribution in [0.25, 0.3) is 0 Å². The van der Waals surface area contributed by atoms with Crippen LogP contribution in [-0.4, -0.2) is 31.2 Å². The van der Waals surface area contributed by atoms with Gasteiger partial charge in [0, 0.05) is 11.9 Å². The van der Waals surface area contributed by atoms with E-state index in [1.54, 1.807) is 4.68 Å². The molecule has 0 bridgehead atoms. The first kappa shape index (κ1) is 18.8. The van der Waals surface area contributed by atoms with Gasteiger partial charge < -0.3 is 10.1 Å². The fourth-order valence-corrected chi connectivity index (χ4v) is 2.70. The molecule has 1 aromatic carbocycles. The zero-order valence-corrected chi connectivity index (χ0v) is 14.9. The van der Waals surface area contributed by atoms with E-state index in [4.69, 9.17) is 4.74 Å². The molecule has 1 N–H and O–H groups in total. The minimum Gasteiger partial charge on any atom is -0.454 e. The first-order valence-electron chi connectivity index (χ1n) is 8.75. The Morgan fingerprint density at radius 1 is 1.24 bits per heavy atom. The lowest BCUT2D eigenvalue weighted by Gasteiger charge is -2.12. The van der Waals surface area contributed by atoms with Crippen LogP contribution in [0.15, 0.2) is 42.6 Å². The number of hydrogen-bond donors (Lipinski definition) is 1. The number of alkyl halides is 3. The van der Waals surface area contributed by atoms with Crippen LogP contribution in [-0.2, 0) is 17.5 Å². The van der Waals surface area contributed by atoms with Crippen LogP contribution in [0.3, 0.4) is 0 Å². The molecule has 11 heteroatoms. The molecule has 0 atom stereocenters. The molecule has 2 aromatic heterocycles. The van der Waals surface area contributed by atoms with Crippen molar-refractivity contribution >= 4 is 17.5 Å². The van der Waals surface area contributed by atoms with E-state index in [1.165, 1.54) is 30.5 Å². The van der Waals surface area contributed by atoms with Crippen molar-refractivity contribution in [3.05, 3.63) is 59.5 Å². The molecule has 1 aliphatic carbocycles. The zero-order chi connectivity index (χ0) is 20.4. The molecule has 0 amide bonds. The lowest BCUT2D eigenvalue weighted by atomic mass is 10.2. The van der Waals surface area contributed by atoms with Crippen molar-refractivity contribution in [3.63, 3.8) is 0 Å². The van der Waals surface area contributed by atoms with Gasteiger partial charge >= 0.3 is 12.1 Å². The number of ether oxygens (including phenoxy) is 1. The van der Waals surface area contributed by atoms with Crippen molar-refractivity contribution in [1.82, 2.24) is 25.2 Å². The van der Waals surface area contributed by atoms with Crippen molar-refractivity contribution in [2.75, 3.05) is 5.32 Å². The van der Waals surface area contributed by atoms with Crippen molar-refractivity contribution in [1.29, 1.82) is 0 Å². The highest BCUT2D eigenvalue weighted by atomic mass is 19.4. The largest absolute Gasteiger partial charge is 0.454 e. The normalized spacial score (nSPS) is 13.9. The summed E-state index contributed by atoms with van der Waals surface area (Å²) in [6, 6.07) is 7.84. The average Bonchev–Trinajstić information content (AvgIpc) is 3.44. The van der Waals surface area contributed by atoms with E-state index in [0.717, 1.165) is 25.0 Å². The molecule has 0 spiro atoms. The molecule has 3 aromatic rings. The second-order valence-electron chi connectivity index (χ2n) is 6.45. The second-order valence-corrected chi connectivity index (χ2v) is 6.45. The molecule has 0 saturated heterocycles. The number of pyridine rings is 1. The zero-order valence-electron chi connectivity index (χ0n) is 14.9. The summed E-state index contributed by atoms with van der Waals surface area (Å²) >= 11 is 0. The summed E-state index contributed by atoms with van der Waals surface area (Å²) in [6.07, 6.45) is -1.12. The summed E-state index contributed by atoms with van der Waals surface area (Å²) in [7, 11) is 0. The fourth-order valence-electron chi connectivity index (χ4n) is 2.70. The third-order valence-corrected chi connectivity index (χ3v) is 4.27. The molecule has 150 valence electrons. The topological polar surface area (TPSA) is 94.8 Å². The maximum atomic E-state index is 12.9. The number of esters is 1. The van der Waals surface area contributed by atoms with Crippen LogP contribution in [0, 0.1) is 0 Å². The Hall–Kier alpha value is -3.50. The number of carbonyl (C=O) groups excluding carboxylic acids is 1. The summed E-state index contributed by atoms with van der Waals surface area (Å²) in [6.45, 7) is -0.125. The van der Waals surface area contributed by atoms with Crippen LogP contribution in [0.5, 0.6) is 0 Å². The predicted molar refractivity (Wildman–Crippen MR) is 94.2 cm³/mol. The van der Waals surface area contributed by atoms with Gasteiger partial charge in [0.25, 0.3) is 0 Å². The highest BCUT2D eigenvalue weighted by Gasteiger charge is 2.31. The van der Waals surface area contributed by atoms with Gasteiger partial charge in [-0.1, -0.05) is 6.07 Å². The number of anilines is 2. The Morgan fingerprint density at radius 3 is 2.83 bits per heavy atom. The summed E-state index contributed by atoms with van der Waals surface area (Å²) in [5.41, 5.74) is -0.588. The highest BCUT2D eigenvalue weighted by Crippen LogP contribution is 2.34. The van der Waals surface area contributed by atoms with E-state index in [0.29, 0.717) is 5.82 Å². The van der Waals surface area contributed by atoms with Gasteiger partial charge in [-0.3, -0.25) is 0 Å². The third-order valence-electron chi connectivity index (χ3n) is 4.27. The average molecular weight is 404 g/mol. The first-order chi connectivity index (χ1) is 13.9. The Morgan fingerprint density at radius 2 is 2.07 bits per heavy atom. The number of hydrogen-bond acceptors (Lipinski definition) is 7. The number of halogens is 3. The molecule has 29 heavy (non-hydrogen) atoms. The number of carbonyl (C=O) groups is 1. The highest BCUT2D eigenvalue weighted by molar-refractivity contribution is 5.95. The number of tetrazole rings is 1. The van der Waals surface area contributed by atoms with E-state index < -0.39 is 17.7 Å². The van der Waals surface area contributed by atoms with Crippen molar-refractivity contribution in [2.24, 2.45) is 0 Å². The van der Waals surface area contributed by atoms with Gasteiger partial charge in [0.2, 0.25) is 0 Å². The van der Waals surface area contributed by atoms with Crippen LogP contribution in [0.1, 0.15) is 40.6 Å². The molecule has 0 aliphatic heterocycles. The van der Waals surface area contributed by atoms with Crippen molar-refractivity contribution < 1.29 is 22.7 Å². The number of nitrogens with zero attached hydrogens (tertiary/aromatic N) is 5. The Labute approximate surface area is 162 Å². The van der Waals surface area contributed by atoms with Crippen LogP contribution < -0.4 is 5.32 Å². The van der Waals surface area contributed by atoms with E-state index in [2.05, 4.69) is 25.8 Å². The maximum Gasteiger partial charge on any atom is 0.416 e. The lowest BCUT2D eigenvalue weighted by molar-refractivity contribution is -0.137. The minimum atomic E-state index is -4.48. The number of rotatable bonds is 6. The van der Waals surface area contributed by atoms with E-state index in [1.807, 2.05) is 0 Å². The summed E-state index contributed by atoms with van der Waals surface area (Å²) in [5, 5.41) is 14.1. The van der Waals surface area contributed by atoms with Gasteiger partial charge in [-0.05, 0) is 53.6 Å². The van der Waals surface area contributed by atoms with Gasteiger partial charge in [-0.25, -0.2) is 14.5 Å². The summed E-state index contributed by atoms with van der Waals surface area (Å²) in [5.74, 6) is -0.186. The van der Waals surface area contributed by atoms with Crippen molar-refractivity contribution in [2.45, 2.75) is 31.7 Å². The third kappa shape index (κ3) is 4.33. The molecular weight excluding hydrogens is 389 g/mol. The molecule has 4 rings (SSSR count). The van der Waals surface area contributed by atoms with Gasteiger partial charge in [0.1, 0.15) is 11.4 Å². The monoisotopic (exact) mass is 404 g/mol. The molecule has 1 saturated carbocycles. The molecule has 0 unspecified atom stereocenters. The SMILES string of the molecule is O=C(OCc1nnnn1C1CC1)c1cccnc1Nc1cccc(C(F)(F)F)c1. The molecule has 8 nitrogen and oxygen atoms in total. The molecule has 0 radical (unpaired) electrons. The number of aromatic nitrogens is 5. The van der Waals surface area contributed by atoms with Crippen LogP contribution in [0.4, 0.5) is 24.7 Å². The van der Waals surface area contributed by atoms with Gasteiger partial charge in [-0.15, -0.1) is 5.10 Å². The molecule has 1 aliphatic rings. The number of nitrogens with one attached hydrogen (secondary N) is 1. The van der Waals surface area contributed by atoms with Crippen LogP contribution in [0.2, 0.25) is 0 Å². The first-order valence-corrected chi connectivity index (χ1v) is 8.75. The minimum absolute atomic E-state index is 0.0790. The molecule has 2 heterocycles.